The molecule has 0 unspecified atom stereocenters. The number of rotatable bonds is 6. The third kappa shape index (κ3) is 5.61. The molecule has 7 nitrogen and oxygen atoms in total. The van der Waals surface area contributed by atoms with Crippen LogP contribution in [0, 0.1) is 10.1 Å². The van der Waals surface area contributed by atoms with Gasteiger partial charge in [0, 0.05) is 11.0 Å². The predicted molar refractivity (Wildman–Crippen MR) is 102 cm³/mol. The van der Waals surface area contributed by atoms with Gasteiger partial charge >= 0.3 is 6.18 Å². The normalized spacial score (nSPS) is 11.9. The minimum atomic E-state index is -4.70. The maximum absolute atomic E-state index is 12.8. The Labute approximate surface area is 172 Å². The maximum atomic E-state index is 12.8. The molecule has 13 heteroatoms. The standard InChI is InChI=1S/C16H12ClF3N2O5S2/c1-28-10-3-5-14(13(7-10)22(24)25)29(26,27)8-15(23)21-12-6-9(16(18,19)20)2-4-11(12)17/h2-7H,8H2,1H3,(H,21,23). The van der Waals surface area contributed by atoms with E-state index in [0.717, 1.165) is 30.0 Å². The molecule has 2 rings (SSSR count). The number of sulfone groups is 1. The summed E-state index contributed by atoms with van der Waals surface area (Å²) in [6.45, 7) is 0. The van der Waals surface area contributed by atoms with E-state index in [2.05, 4.69) is 0 Å². The molecule has 0 aliphatic rings. The Hall–Kier alpha value is -2.31. The smallest absolute Gasteiger partial charge is 0.324 e. The fraction of sp³-hybridized carbons (Fsp3) is 0.188. The molecule has 0 bridgehead atoms. The maximum Gasteiger partial charge on any atom is 0.416 e. The number of carbonyl (C=O) groups is 1. The van der Waals surface area contributed by atoms with Gasteiger partial charge in [-0.15, -0.1) is 11.8 Å². The number of nitro benzene ring substituents is 1. The summed E-state index contributed by atoms with van der Waals surface area (Å²) in [6.07, 6.45) is -3.06. The van der Waals surface area contributed by atoms with E-state index < -0.39 is 54.4 Å². The monoisotopic (exact) mass is 468 g/mol. The van der Waals surface area contributed by atoms with Gasteiger partial charge in [0.1, 0.15) is 10.6 Å². The van der Waals surface area contributed by atoms with Gasteiger partial charge in [0.25, 0.3) is 5.69 Å². The van der Waals surface area contributed by atoms with Gasteiger partial charge in [-0.25, -0.2) is 8.42 Å². The number of nitro groups is 1. The Balaban J connectivity index is 2.31. The number of amides is 1. The van der Waals surface area contributed by atoms with Crippen LogP contribution in [0.3, 0.4) is 0 Å². The van der Waals surface area contributed by atoms with Crippen LogP contribution < -0.4 is 5.32 Å². The van der Waals surface area contributed by atoms with Gasteiger partial charge in [-0.2, -0.15) is 13.2 Å². The van der Waals surface area contributed by atoms with Crippen molar-refractivity contribution in [2.75, 3.05) is 17.3 Å². The molecule has 156 valence electrons. The number of thioether (sulfide) groups is 1. The second-order valence-electron chi connectivity index (χ2n) is 5.59. The van der Waals surface area contributed by atoms with Gasteiger partial charge < -0.3 is 5.32 Å². The van der Waals surface area contributed by atoms with Crippen LogP contribution >= 0.6 is 23.4 Å². The molecular formula is C16H12ClF3N2O5S2. The summed E-state index contributed by atoms with van der Waals surface area (Å²) in [5, 5.41) is 13.0. The first-order valence-corrected chi connectivity index (χ1v) is 10.8. The molecule has 0 spiro atoms. The van der Waals surface area contributed by atoms with Crippen LogP contribution in [-0.4, -0.2) is 31.3 Å². The number of hydrogen-bond donors (Lipinski definition) is 1. The zero-order valence-electron chi connectivity index (χ0n) is 14.5. The zero-order chi connectivity index (χ0) is 22.0. The lowest BCUT2D eigenvalue weighted by Crippen LogP contribution is -2.24. The highest BCUT2D eigenvalue weighted by atomic mass is 35.5. The van der Waals surface area contributed by atoms with E-state index in [4.69, 9.17) is 11.6 Å². The number of nitrogens with zero attached hydrogens (tertiary/aromatic N) is 1. The molecule has 0 saturated heterocycles. The van der Waals surface area contributed by atoms with Crippen LogP contribution in [0.25, 0.3) is 0 Å². The van der Waals surface area contributed by atoms with Crippen LogP contribution in [0.15, 0.2) is 46.2 Å². The number of alkyl halides is 3. The SMILES string of the molecule is CSc1ccc(S(=O)(=O)CC(=O)Nc2cc(C(F)(F)F)ccc2Cl)c([N+](=O)[O-])c1. The summed E-state index contributed by atoms with van der Waals surface area (Å²) in [5.41, 5.74) is -2.24. The number of carbonyl (C=O) groups excluding carboxylic acids is 1. The van der Waals surface area contributed by atoms with E-state index >= 15 is 0 Å². The molecular weight excluding hydrogens is 457 g/mol. The second kappa shape index (κ2) is 8.59. The Morgan fingerprint density at radius 3 is 2.45 bits per heavy atom. The Morgan fingerprint density at radius 2 is 1.90 bits per heavy atom. The minimum absolute atomic E-state index is 0.237. The predicted octanol–water partition coefficient (Wildman–Crippen LogP) is 4.40. The van der Waals surface area contributed by atoms with Crippen molar-refractivity contribution in [3.05, 3.63) is 57.1 Å². The van der Waals surface area contributed by atoms with Crippen molar-refractivity contribution >= 4 is 50.5 Å². The topological polar surface area (TPSA) is 106 Å². The van der Waals surface area contributed by atoms with Gasteiger partial charge in [-0.1, -0.05) is 11.6 Å². The van der Waals surface area contributed by atoms with Gasteiger partial charge in [0.15, 0.2) is 9.84 Å². The molecule has 2 aromatic carbocycles. The van der Waals surface area contributed by atoms with Crippen LogP contribution in [0.1, 0.15) is 5.56 Å². The van der Waals surface area contributed by atoms with Crippen molar-refractivity contribution < 1.29 is 31.3 Å². The molecule has 1 amide bonds. The molecule has 0 atom stereocenters. The quantitative estimate of drug-likeness (QED) is 0.382. The molecule has 0 aromatic heterocycles. The summed E-state index contributed by atoms with van der Waals surface area (Å²) >= 11 is 6.91. The number of hydrogen-bond acceptors (Lipinski definition) is 6. The van der Waals surface area contributed by atoms with Crippen LogP contribution in [-0.2, 0) is 20.8 Å². The highest BCUT2D eigenvalue weighted by Crippen LogP contribution is 2.34. The summed E-state index contributed by atoms with van der Waals surface area (Å²) < 4.78 is 63.4. The number of benzene rings is 2. The molecule has 0 saturated carbocycles. The Morgan fingerprint density at radius 1 is 1.24 bits per heavy atom. The van der Waals surface area contributed by atoms with Gasteiger partial charge in [-0.3, -0.25) is 14.9 Å². The molecule has 0 aliphatic carbocycles. The van der Waals surface area contributed by atoms with Crippen molar-refractivity contribution in [2.24, 2.45) is 0 Å². The van der Waals surface area contributed by atoms with Crippen LogP contribution in [0.5, 0.6) is 0 Å². The largest absolute Gasteiger partial charge is 0.416 e. The van der Waals surface area contributed by atoms with E-state index in [9.17, 15) is 36.5 Å². The summed E-state index contributed by atoms with van der Waals surface area (Å²) in [7, 11) is -4.46. The lowest BCUT2D eigenvalue weighted by atomic mass is 10.2. The first-order valence-electron chi connectivity index (χ1n) is 7.57. The summed E-state index contributed by atoms with van der Waals surface area (Å²) in [4.78, 5) is 22.2. The van der Waals surface area contributed by atoms with E-state index in [0.29, 0.717) is 17.0 Å². The molecule has 2 aromatic rings. The lowest BCUT2D eigenvalue weighted by Gasteiger charge is -2.12. The fourth-order valence-electron chi connectivity index (χ4n) is 2.26. The number of nitrogens with one attached hydrogen (secondary N) is 1. The van der Waals surface area contributed by atoms with Crippen molar-refractivity contribution in [3.63, 3.8) is 0 Å². The summed E-state index contributed by atoms with van der Waals surface area (Å²) in [6, 6.07) is 5.56. The second-order valence-corrected chi connectivity index (χ2v) is 8.84. The van der Waals surface area contributed by atoms with Crippen molar-refractivity contribution in [1.29, 1.82) is 0 Å². The zero-order valence-corrected chi connectivity index (χ0v) is 16.9. The third-order valence-electron chi connectivity index (χ3n) is 3.59. The van der Waals surface area contributed by atoms with Gasteiger partial charge in [0.2, 0.25) is 5.91 Å². The highest BCUT2D eigenvalue weighted by Gasteiger charge is 2.32. The minimum Gasteiger partial charge on any atom is -0.324 e. The number of anilines is 1. The van der Waals surface area contributed by atoms with E-state index in [1.165, 1.54) is 6.07 Å². The third-order valence-corrected chi connectivity index (χ3v) is 6.30. The molecule has 29 heavy (non-hydrogen) atoms. The molecule has 0 radical (unpaired) electrons. The van der Waals surface area contributed by atoms with Crippen LogP contribution in [0.4, 0.5) is 24.5 Å². The van der Waals surface area contributed by atoms with Crippen LogP contribution in [0.2, 0.25) is 5.02 Å². The molecule has 0 heterocycles. The molecule has 0 fully saturated rings. The van der Waals surface area contributed by atoms with E-state index in [1.54, 1.807) is 6.26 Å². The first-order chi connectivity index (χ1) is 13.3. The Kier molecular flexibility index (Phi) is 6.81. The van der Waals surface area contributed by atoms with Crippen molar-refractivity contribution in [1.82, 2.24) is 0 Å². The van der Waals surface area contributed by atoms with Gasteiger partial charge in [-0.05, 0) is 36.6 Å². The van der Waals surface area contributed by atoms with Crippen molar-refractivity contribution in [3.8, 4) is 0 Å². The highest BCUT2D eigenvalue weighted by molar-refractivity contribution is 7.98. The average Bonchev–Trinajstić information content (AvgIpc) is 2.61. The Bertz CT molecular complexity index is 1070. The van der Waals surface area contributed by atoms with E-state index in [1.807, 2.05) is 5.32 Å². The first kappa shape index (κ1) is 23.0. The fourth-order valence-corrected chi connectivity index (χ4v) is 4.16. The molecule has 0 aliphatic heterocycles. The summed E-state index contributed by atoms with van der Waals surface area (Å²) in [5.74, 6) is -2.42. The number of halogens is 4. The molecule has 1 N–H and O–H groups in total. The van der Waals surface area contributed by atoms with Crippen molar-refractivity contribution in [2.45, 2.75) is 16.0 Å². The lowest BCUT2D eigenvalue weighted by molar-refractivity contribution is -0.388. The van der Waals surface area contributed by atoms with Gasteiger partial charge in [0.05, 0.1) is 21.2 Å². The average molecular weight is 469 g/mol. The van der Waals surface area contributed by atoms with E-state index in [-0.39, 0.29) is 5.02 Å².